The van der Waals surface area contributed by atoms with Gasteiger partial charge in [-0.2, -0.15) is 0 Å². The second-order valence-electron chi connectivity index (χ2n) is 4.35. The van der Waals surface area contributed by atoms with Crippen LogP contribution >= 0.6 is 11.6 Å². The number of amides is 1. The molecule has 0 radical (unpaired) electrons. The van der Waals surface area contributed by atoms with Gasteiger partial charge in [-0.15, -0.1) is 0 Å². The molecule has 0 spiro atoms. The summed E-state index contributed by atoms with van der Waals surface area (Å²) in [5.41, 5.74) is 2.50. The Bertz CT molecular complexity index is 561. The highest BCUT2D eigenvalue weighted by Crippen LogP contribution is 2.16. The standard InChI is InChI=1S/C14H15ClN2O2/c1-17(2)11-5-3-10(4-6-11)9-16-14(18)12-7-8-19-13(12)15/h3-8H,9H2,1-2H3,(H,16,18). The normalized spacial score (nSPS) is 10.3. The van der Waals surface area contributed by atoms with Crippen molar-refractivity contribution in [2.75, 3.05) is 19.0 Å². The highest BCUT2D eigenvalue weighted by atomic mass is 35.5. The van der Waals surface area contributed by atoms with Crippen molar-refractivity contribution >= 4 is 23.2 Å². The molecule has 100 valence electrons. The summed E-state index contributed by atoms with van der Waals surface area (Å²) in [6.07, 6.45) is 1.39. The number of nitrogens with one attached hydrogen (secondary N) is 1. The smallest absolute Gasteiger partial charge is 0.256 e. The zero-order valence-corrected chi connectivity index (χ0v) is 11.6. The van der Waals surface area contributed by atoms with Crippen LogP contribution < -0.4 is 10.2 Å². The Kier molecular flexibility index (Phi) is 4.12. The second-order valence-corrected chi connectivity index (χ2v) is 4.69. The molecule has 2 aromatic rings. The highest BCUT2D eigenvalue weighted by molar-refractivity contribution is 6.32. The predicted octanol–water partition coefficient (Wildman–Crippen LogP) is 2.93. The average Bonchev–Trinajstić information content (AvgIpc) is 2.83. The number of halogens is 1. The van der Waals surface area contributed by atoms with Crippen LogP contribution in [0.15, 0.2) is 41.0 Å². The molecule has 19 heavy (non-hydrogen) atoms. The molecule has 0 unspecified atom stereocenters. The van der Waals surface area contributed by atoms with Crippen molar-refractivity contribution in [3.63, 3.8) is 0 Å². The van der Waals surface area contributed by atoms with E-state index in [1.807, 2.05) is 43.3 Å². The molecule has 1 aromatic heterocycles. The van der Waals surface area contributed by atoms with E-state index in [2.05, 4.69) is 5.32 Å². The van der Waals surface area contributed by atoms with Crippen molar-refractivity contribution in [2.45, 2.75) is 6.54 Å². The molecular formula is C14H15ClN2O2. The zero-order valence-electron chi connectivity index (χ0n) is 10.8. The van der Waals surface area contributed by atoms with Gasteiger partial charge in [-0.1, -0.05) is 12.1 Å². The molecule has 1 N–H and O–H groups in total. The number of anilines is 1. The number of furan rings is 1. The number of hydrogen-bond acceptors (Lipinski definition) is 3. The number of hydrogen-bond donors (Lipinski definition) is 1. The molecule has 0 fully saturated rings. The minimum Gasteiger partial charge on any atom is -0.452 e. The van der Waals surface area contributed by atoms with Crippen LogP contribution in [0.25, 0.3) is 0 Å². The second kappa shape index (κ2) is 5.80. The quantitative estimate of drug-likeness (QED) is 0.935. The molecule has 0 aliphatic heterocycles. The topological polar surface area (TPSA) is 45.5 Å². The van der Waals surface area contributed by atoms with Gasteiger partial charge in [0.05, 0.1) is 11.8 Å². The minimum absolute atomic E-state index is 0.112. The van der Waals surface area contributed by atoms with E-state index in [4.69, 9.17) is 16.0 Å². The number of benzene rings is 1. The van der Waals surface area contributed by atoms with Crippen LogP contribution in [0.3, 0.4) is 0 Å². The molecular weight excluding hydrogens is 264 g/mol. The highest BCUT2D eigenvalue weighted by Gasteiger charge is 2.12. The molecule has 0 aliphatic rings. The Balaban J connectivity index is 1.95. The maximum atomic E-state index is 11.8. The molecule has 5 heteroatoms. The summed E-state index contributed by atoms with van der Waals surface area (Å²) in [5.74, 6) is -0.240. The Labute approximate surface area is 117 Å². The van der Waals surface area contributed by atoms with E-state index in [1.165, 1.54) is 6.26 Å². The van der Waals surface area contributed by atoms with Gasteiger partial charge in [0, 0.05) is 26.3 Å². The van der Waals surface area contributed by atoms with E-state index in [-0.39, 0.29) is 11.1 Å². The lowest BCUT2D eigenvalue weighted by Crippen LogP contribution is -2.22. The van der Waals surface area contributed by atoms with Crippen LogP contribution in [0.5, 0.6) is 0 Å². The summed E-state index contributed by atoms with van der Waals surface area (Å²) in [6, 6.07) is 9.52. The molecule has 0 bridgehead atoms. The van der Waals surface area contributed by atoms with Gasteiger partial charge in [0.25, 0.3) is 5.91 Å². The maximum Gasteiger partial charge on any atom is 0.256 e. The van der Waals surface area contributed by atoms with E-state index >= 15 is 0 Å². The first-order chi connectivity index (χ1) is 9.08. The van der Waals surface area contributed by atoms with E-state index < -0.39 is 0 Å². The lowest BCUT2D eigenvalue weighted by Gasteiger charge is -2.12. The van der Waals surface area contributed by atoms with Crippen LogP contribution in [0, 0.1) is 0 Å². The van der Waals surface area contributed by atoms with E-state index in [1.54, 1.807) is 6.07 Å². The van der Waals surface area contributed by atoms with Gasteiger partial charge >= 0.3 is 0 Å². The van der Waals surface area contributed by atoms with Crippen molar-refractivity contribution in [1.29, 1.82) is 0 Å². The summed E-state index contributed by atoms with van der Waals surface area (Å²) < 4.78 is 4.88. The van der Waals surface area contributed by atoms with E-state index in [0.29, 0.717) is 12.1 Å². The van der Waals surface area contributed by atoms with Gasteiger partial charge < -0.3 is 14.6 Å². The molecule has 4 nitrogen and oxygen atoms in total. The molecule has 2 rings (SSSR count). The van der Waals surface area contributed by atoms with Gasteiger partial charge in [0.2, 0.25) is 5.22 Å². The lowest BCUT2D eigenvalue weighted by atomic mass is 10.2. The third kappa shape index (κ3) is 3.29. The molecule has 0 saturated carbocycles. The fourth-order valence-corrected chi connectivity index (χ4v) is 1.85. The average molecular weight is 279 g/mol. The number of nitrogens with zero attached hydrogens (tertiary/aromatic N) is 1. The Hall–Kier alpha value is -1.94. The zero-order chi connectivity index (χ0) is 13.8. The Morgan fingerprint density at radius 1 is 1.26 bits per heavy atom. The third-order valence-electron chi connectivity index (χ3n) is 2.77. The molecule has 0 saturated heterocycles. The fourth-order valence-electron chi connectivity index (χ4n) is 1.65. The van der Waals surface area contributed by atoms with Crippen molar-refractivity contribution in [2.24, 2.45) is 0 Å². The largest absolute Gasteiger partial charge is 0.452 e. The van der Waals surface area contributed by atoms with E-state index in [9.17, 15) is 4.79 Å². The monoisotopic (exact) mass is 278 g/mol. The van der Waals surface area contributed by atoms with Gasteiger partial charge in [-0.3, -0.25) is 4.79 Å². The first kappa shape index (κ1) is 13.5. The van der Waals surface area contributed by atoms with Crippen molar-refractivity contribution in [3.8, 4) is 0 Å². The van der Waals surface area contributed by atoms with Gasteiger partial charge in [0.15, 0.2) is 0 Å². The molecule has 1 heterocycles. The summed E-state index contributed by atoms with van der Waals surface area (Å²) in [5, 5.41) is 2.91. The molecule has 0 atom stereocenters. The SMILES string of the molecule is CN(C)c1ccc(CNC(=O)c2ccoc2Cl)cc1. The summed E-state index contributed by atoms with van der Waals surface area (Å²) in [7, 11) is 3.97. The first-order valence-corrected chi connectivity index (χ1v) is 6.23. The number of carbonyl (C=O) groups excluding carboxylic acids is 1. The Morgan fingerprint density at radius 3 is 2.47 bits per heavy atom. The van der Waals surface area contributed by atoms with Gasteiger partial charge in [-0.25, -0.2) is 0 Å². The van der Waals surface area contributed by atoms with E-state index in [0.717, 1.165) is 11.3 Å². The van der Waals surface area contributed by atoms with Crippen molar-refractivity contribution < 1.29 is 9.21 Å². The molecule has 0 aliphatic carbocycles. The number of carbonyl (C=O) groups is 1. The minimum atomic E-state index is -0.240. The summed E-state index contributed by atoms with van der Waals surface area (Å²) in [6.45, 7) is 0.452. The molecule has 1 aromatic carbocycles. The van der Waals surface area contributed by atoms with Crippen LogP contribution in [-0.4, -0.2) is 20.0 Å². The van der Waals surface area contributed by atoms with Crippen LogP contribution in [0.1, 0.15) is 15.9 Å². The first-order valence-electron chi connectivity index (χ1n) is 5.85. The maximum absolute atomic E-state index is 11.8. The van der Waals surface area contributed by atoms with Crippen LogP contribution in [0.4, 0.5) is 5.69 Å². The van der Waals surface area contributed by atoms with Crippen LogP contribution in [0.2, 0.25) is 5.22 Å². The summed E-state index contributed by atoms with van der Waals surface area (Å²) >= 11 is 5.74. The molecule has 1 amide bonds. The third-order valence-corrected chi connectivity index (χ3v) is 3.06. The fraction of sp³-hybridized carbons (Fsp3) is 0.214. The van der Waals surface area contributed by atoms with Crippen molar-refractivity contribution in [1.82, 2.24) is 5.32 Å². The van der Waals surface area contributed by atoms with Crippen molar-refractivity contribution in [3.05, 3.63) is 52.9 Å². The van der Waals surface area contributed by atoms with Crippen LogP contribution in [-0.2, 0) is 6.54 Å². The predicted molar refractivity (Wildman–Crippen MR) is 75.7 cm³/mol. The number of rotatable bonds is 4. The Morgan fingerprint density at radius 2 is 1.95 bits per heavy atom. The lowest BCUT2D eigenvalue weighted by molar-refractivity contribution is 0.0950. The van der Waals surface area contributed by atoms with Gasteiger partial charge in [0.1, 0.15) is 0 Å². The summed E-state index contributed by atoms with van der Waals surface area (Å²) in [4.78, 5) is 13.8. The van der Waals surface area contributed by atoms with Gasteiger partial charge in [-0.05, 0) is 35.4 Å².